The van der Waals surface area contributed by atoms with Gasteiger partial charge in [-0.3, -0.25) is 0 Å². The van der Waals surface area contributed by atoms with E-state index in [-0.39, 0.29) is 6.10 Å². The molecule has 0 aliphatic rings. The van der Waals surface area contributed by atoms with E-state index < -0.39 is 0 Å². The van der Waals surface area contributed by atoms with Crippen LogP contribution in [0.2, 0.25) is 0 Å². The van der Waals surface area contributed by atoms with Crippen molar-refractivity contribution in [1.29, 1.82) is 0 Å². The van der Waals surface area contributed by atoms with Crippen molar-refractivity contribution in [2.75, 3.05) is 13.1 Å². The maximum absolute atomic E-state index is 9.59. The van der Waals surface area contributed by atoms with E-state index in [1.165, 1.54) is 38.5 Å². The highest BCUT2D eigenvalue weighted by molar-refractivity contribution is 4.59. The number of hydrogen-bond acceptors (Lipinski definition) is 2. The van der Waals surface area contributed by atoms with Crippen molar-refractivity contribution in [3.8, 4) is 0 Å². The average Bonchev–Trinajstić information content (AvgIpc) is 2.19. The van der Waals surface area contributed by atoms with Crippen LogP contribution in [0.25, 0.3) is 0 Å². The molecule has 2 nitrogen and oxygen atoms in total. The van der Waals surface area contributed by atoms with Gasteiger partial charge in [0.25, 0.3) is 0 Å². The summed E-state index contributed by atoms with van der Waals surface area (Å²) in [5.41, 5.74) is 0. The van der Waals surface area contributed by atoms with Gasteiger partial charge in [-0.15, -0.1) is 0 Å². The molecule has 0 amide bonds. The zero-order valence-electron chi connectivity index (χ0n) is 9.89. The van der Waals surface area contributed by atoms with E-state index in [2.05, 4.69) is 19.2 Å². The van der Waals surface area contributed by atoms with Gasteiger partial charge in [-0.2, -0.15) is 0 Å². The predicted molar refractivity (Wildman–Crippen MR) is 62.5 cm³/mol. The third-order valence-electron chi connectivity index (χ3n) is 2.48. The van der Waals surface area contributed by atoms with Crippen LogP contribution in [0.5, 0.6) is 0 Å². The van der Waals surface area contributed by atoms with E-state index in [4.69, 9.17) is 0 Å². The van der Waals surface area contributed by atoms with E-state index in [0.29, 0.717) is 0 Å². The molecule has 0 spiro atoms. The summed E-state index contributed by atoms with van der Waals surface area (Å²) >= 11 is 0. The average molecular weight is 201 g/mol. The van der Waals surface area contributed by atoms with E-state index in [0.717, 1.165) is 19.5 Å². The fourth-order valence-corrected chi connectivity index (χ4v) is 1.48. The first-order valence-electron chi connectivity index (χ1n) is 6.20. The van der Waals surface area contributed by atoms with Crippen molar-refractivity contribution in [3.05, 3.63) is 0 Å². The molecular weight excluding hydrogens is 174 g/mol. The van der Waals surface area contributed by atoms with Gasteiger partial charge < -0.3 is 10.4 Å². The number of nitrogens with one attached hydrogen (secondary N) is 1. The Morgan fingerprint density at radius 1 is 1.00 bits per heavy atom. The van der Waals surface area contributed by atoms with Crippen LogP contribution in [0.4, 0.5) is 0 Å². The molecule has 0 aromatic heterocycles. The molecule has 1 atom stereocenters. The second-order valence-electron chi connectivity index (χ2n) is 4.06. The molecule has 0 bridgehead atoms. The first kappa shape index (κ1) is 13.9. The molecule has 0 heterocycles. The molecule has 0 radical (unpaired) electrons. The molecule has 0 aliphatic heterocycles. The van der Waals surface area contributed by atoms with Gasteiger partial charge in [-0.25, -0.2) is 0 Å². The van der Waals surface area contributed by atoms with E-state index >= 15 is 0 Å². The summed E-state index contributed by atoms with van der Waals surface area (Å²) in [7, 11) is 0. The Bertz CT molecular complexity index is 94.5. The summed E-state index contributed by atoms with van der Waals surface area (Å²) in [4.78, 5) is 0. The lowest BCUT2D eigenvalue weighted by Gasteiger charge is -2.11. The first-order chi connectivity index (χ1) is 6.81. The number of aliphatic hydroxyl groups excluding tert-OH is 1. The Labute approximate surface area is 89.1 Å². The van der Waals surface area contributed by atoms with Gasteiger partial charge >= 0.3 is 0 Å². The molecule has 2 N–H and O–H groups in total. The molecule has 0 aliphatic carbocycles. The van der Waals surface area contributed by atoms with Crippen molar-refractivity contribution in [2.45, 2.75) is 64.9 Å². The zero-order chi connectivity index (χ0) is 10.6. The molecule has 0 aromatic carbocycles. The van der Waals surface area contributed by atoms with Crippen LogP contribution in [-0.4, -0.2) is 24.3 Å². The second kappa shape index (κ2) is 11.0. The molecule has 86 valence electrons. The molecule has 1 unspecified atom stereocenters. The van der Waals surface area contributed by atoms with Crippen molar-refractivity contribution in [2.24, 2.45) is 0 Å². The molecule has 0 saturated heterocycles. The SMILES string of the molecule is CCCCCCC(O)CNCCCC. The first-order valence-corrected chi connectivity index (χ1v) is 6.20. The fraction of sp³-hybridized carbons (Fsp3) is 1.00. The smallest absolute Gasteiger partial charge is 0.0664 e. The Hall–Kier alpha value is -0.0800. The van der Waals surface area contributed by atoms with Gasteiger partial charge in [0.15, 0.2) is 0 Å². The minimum Gasteiger partial charge on any atom is -0.392 e. The van der Waals surface area contributed by atoms with Crippen molar-refractivity contribution < 1.29 is 5.11 Å². The Kier molecular flexibility index (Phi) is 10.9. The molecular formula is C12H27NO. The maximum Gasteiger partial charge on any atom is 0.0664 e. The van der Waals surface area contributed by atoms with Gasteiger partial charge in [0.1, 0.15) is 0 Å². The molecule has 2 heteroatoms. The lowest BCUT2D eigenvalue weighted by atomic mass is 10.1. The van der Waals surface area contributed by atoms with Gasteiger partial charge in [0, 0.05) is 6.54 Å². The standard InChI is InChI=1S/C12H27NO/c1-3-5-7-8-9-12(14)11-13-10-6-4-2/h12-14H,3-11H2,1-2H3. The normalized spacial score (nSPS) is 13.1. The number of hydrogen-bond donors (Lipinski definition) is 2. The van der Waals surface area contributed by atoms with Crippen LogP contribution in [-0.2, 0) is 0 Å². The molecule has 0 aromatic rings. The second-order valence-corrected chi connectivity index (χ2v) is 4.06. The third kappa shape index (κ3) is 10.0. The predicted octanol–water partition coefficient (Wildman–Crippen LogP) is 2.71. The monoisotopic (exact) mass is 201 g/mol. The van der Waals surface area contributed by atoms with Crippen LogP contribution < -0.4 is 5.32 Å². The molecule has 0 rings (SSSR count). The molecule has 0 saturated carbocycles. The quantitative estimate of drug-likeness (QED) is 0.533. The Morgan fingerprint density at radius 2 is 1.71 bits per heavy atom. The summed E-state index contributed by atoms with van der Waals surface area (Å²) in [5, 5.41) is 12.9. The lowest BCUT2D eigenvalue weighted by molar-refractivity contribution is 0.158. The number of rotatable bonds is 10. The van der Waals surface area contributed by atoms with E-state index in [1.54, 1.807) is 0 Å². The summed E-state index contributed by atoms with van der Waals surface area (Å²) in [6.07, 6.45) is 8.26. The maximum atomic E-state index is 9.59. The summed E-state index contributed by atoms with van der Waals surface area (Å²) < 4.78 is 0. The minimum absolute atomic E-state index is 0.135. The lowest BCUT2D eigenvalue weighted by Crippen LogP contribution is -2.27. The van der Waals surface area contributed by atoms with Gasteiger partial charge in [0.2, 0.25) is 0 Å². The summed E-state index contributed by atoms with van der Waals surface area (Å²) in [6, 6.07) is 0. The topological polar surface area (TPSA) is 32.3 Å². The zero-order valence-corrected chi connectivity index (χ0v) is 9.89. The van der Waals surface area contributed by atoms with Crippen LogP contribution >= 0.6 is 0 Å². The van der Waals surface area contributed by atoms with Crippen molar-refractivity contribution in [1.82, 2.24) is 5.32 Å². The van der Waals surface area contributed by atoms with Crippen LogP contribution in [0.3, 0.4) is 0 Å². The highest BCUT2D eigenvalue weighted by Crippen LogP contribution is 2.04. The van der Waals surface area contributed by atoms with Gasteiger partial charge in [-0.05, 0) is 19.4 Å². The number of aliphatic hydroxyl groups is 1. The van der Waals surface area contributed by atoms with Crippen molar-refractivity contribution >= 4 is 0 Å². The number of unbranched alkanes of at least 4 members (excludes halogenated alkanes) is 4. The minimum atomic E-state index is -0.135. The van der Waals surface area contributed by atoms with Gasteiger partial charge in [-0.1, -0.05) is 46.0 Å². The third-order valence-corrected chi connectivity index (χ3v) is 2.48. The summed E-state index contributed by atoms with van der Waals surface area (Å²) in [6.45, 7) is 6.21. The summed E-state index contributed by atoms with van der Waals surface area (Å²) in [5.74, 6) is 0. The fourth-order valence-electron chi connectivity index (χ4n) is 1.48. The highest BCUT2D eigenvalue weighted by Gasteiger charge is 2.02. The van der Waals surface area contributed by atoms with E-state index in [9.17, 15) is 5.11 Å². The molecule has 0 fully saturated rings. The largest absolute Gasteiger partial charge is 0.392 e. The van der Waals surface area contributed by atoms with Crippen molar-refractivity contribution in [3.63, 3.8) is 0 Å². The van der Waals surface area contributed by atoms with Crippen LogP contribution in [0, 0.1) is 0 Å². The van der Waals surface area contributed by atoms with Crippen LogP contribution in [0.1, 0.15) is 58.8 Å². The van der Waals surface area contributed by atoms with E-state index in [1.807, 2.05) is 0 Å². The Balaban J connectivity index is 3.07. The highest BCUT2D eigenvalue weighted by atomic mass is 16.3. The van der Waals surface area contributed by atoms with Gasteiger partial charge in [0.05, 0.1) is 6.10 Å². The van der Waals surface area contributed by atoms with Crippen LogP contribution in [0.15, 0.2) is 0 Å². The Morgan fingerprint density at radius 3 is 2.36 bits per heavy atom. The molecule has 14 heavy (non-hydrogen) atoms.